The SMILES string of the molecule is CC(=NNc1cc(C(=O)O)ccc1Cl)c1ccc2ccccc2c1. The van der Waals surface area contributed by atoms with E-state index < -0.39 is 5.97 Å². The minimum atomic E-state index is -1.01. The van der Waals surface area contributed by atoms with E-state index in [0.29, 0.717) is 10.7 Å². The molecule has 0 atom stereocenters. The lowest BCUT2D eigenvalue weighted by molar-refractivity contribution is 0.0697. The van der Waals surface area contributed by atoms with E-state index in [1.165, 1.54) is 23.6 Å². The van der Waals surface area contributed by atoms with Crippen molar-refractivity contribution >= 4 is 39.7 Å². The van der Waals surface area contributed by atoms with Gasteiger partial charge >= 0.3 is 5.97 Å². The Morgan fingerprint density at radius 2 is 1.71 bits per heavy atom. The summed E-state index contributed by atoms with van der Waals surface area (Å²) in [5, 5.41) is 16.1. The molecule has 3 rings (SSSR count). The molecule has 0 aromatic heterocycles. The number of nitrogens with one attached hydrogen (secondary N) is 1. The van der Waals surface area contributed by atoms with Gasteiger partial charge in [-0.15, -0.1) is 0 Å². The van der Waals surface area contributed by atoms with Gasteiger partial charge in [0, 0.05) is 0 Å². The van der Waals surface area contributed by atoms with Crippen LogP contribution in [0.2, 0.25) is 5.02 Å². The normalized spacial score (nSPS) is 11.5. The van der Waals surface area contributed by atoms with Crippen molar-refractivity contribution in [3.05, 3.63) is 76.8 Å². The Bertz CT molecular complexity index is 951. The Labute approximate surface area is 144 Å². The van der Waals surface area contributed by atoms with Crippen molar-refractivity contribution in [1.29, 1.82) is 0 Å². The molecule has 0 aliphatic rings. The van der Waals surface area contributed by atoms with Crippen LogP contribution in [0.25, 0.3) is 10.8 Å². The maximum absolute atomic E-state index is 11.0. The van der Waals surface area contributed by atoms with Gasteiger partial charge in [0.1, 0.15) is 0 Å². The molecule has 2 N–H and O–H groups in total. The summed E-state index contributed by atoms with van der Waals surface area (Å²) < 4.78 is 0. The summed E-state index contributed by atoms with van der Waals surface area (Å²) in [5.74, 6) is -1.01. The molecule has 3 aromatic rings. The van der Waals surface area contributed by atoms with E-state index in [1.54, 1.807) is 0 Å². The standard InChI is InChI=1S/C19H15ClN2O2/c1-12(14-7-6-13-4-2-3-5-15(13)10-14)21-22-18-11-16(19(23)24)8-9-17(18)20/h2-11,22H,1H3,(H,23,24). The minimum absolute atomic E-state index is 0.153. The molecule has 0 spiro atoms. The van der Waals surface area contributed by atoms with Gasteiger partial charge in [0.05, 0.1) is 22.0 Å². The maximum atomic E-state index is 11.0. The maximum Gasteiger partial charge on any atom is 0.335 e. The monoisotopic (exact) mass is 338 g/mol. The number of hydrogen-bond acceptors (Lipinski definition) is 3. The van der Waals surface area contributed by atoms with Crippen molar-refractivity contribution in [3.63, 3.8) is 0 Å². The quantitative estimate of drug-likeness (QED) is 0.518. The van der Waals surface area contributed by atoms with Gasteiger partial charge in [-0.05, 0) is 47.5 Å². The first-order valence-corrected chi connectivity index (χ1v) is 7.75. The van der Waals surface area contributed by atoms with Crippen LogP contribution >= 0.6 is 11.6 Å². The summed E-state index contributed by atoms with van der Waals surface area (Å²) in [6.45, 7) is 1.88. The fourth-order valence-electron chi connectivity index (χ4n) is 2.37. The highest BCUT2D eigenvalue weighted by Gasteiger charge is 2.07. The third-order valence-corrected chi connectivity index (χ3v) is 4.05. The Morgan fingerprint density at radius 1 is 1.00 bits per heavy atom. The van der Waals surface area contributed by atoms with Gasteiger partial charge in [-0.1, -0.05) is 48.0 Å². The summed E-state index contributed by atoms with van der Waals surface area (Å²) in [4.78, 5) is 11.0. The van der Waals surface area contributed by atoms with Gasteiger partial charge in [0.15, 0.2) is 0 Å². The number of fused-ring (bicyclic) bond motifs is 1. The largest absolute Gasteiger partial charge is 0.478 e. The molecule has 0 bridgehead atoms. The molecule has 0 saturated carbocycles. The molecule has 24 heavy (non-hydrogen) atoms. The van der Waals surface area contributed by atoms with Gasteiger partial charge in [0.25, 0.3) is 0 Å². The molecule has 0 heterocycles. The van der Waals surface area contributed by atoms with Gasteiger partial charge in [-0.25, -0.2) is 4.79 Å². The fraction of sp³-hybridized carbons (Fsp3) is 0.0526. The van der Waals surface area contributed by atoms with Crippen LogP contribution in [0.3, 0.4) is 0 Å². The van der Waals surface area contributed by atoms with Crippen molar-refractivity contribution in [2.24, 2.45) is 5.10 Å². The Morgan fingerprint density at radius 3 is 2.46 bits per heavy atom. The first-order valence-electron chi connectivity index (χ1n) is 7.37. The van der Waals surface area contributed by atoms with E-state index in [0.717, 1.165) is 16.7 Å². The number of anilines is 1. The van der Waals surface area contributed by atoms with Crippen LogP contribution in [0.15, 0.2) is 65.8 Å². The zero-order valence-electron chi connectivity index (χ0n) is 13.0. The van der Waals surface area contributed by atoms with Crippen LogP contribution in [0, 0.1) is 0 Å². The first-order chi connectivity index (χ1) is 11.5. The second kappa shape index (κ2) is 6.72. The minimum Gasteiger partial charge on any atom is -0.478 e. The van der Waals surface area contributed by atoms with Crippen LogP contribution in [-0.4, -0.2) is 16.8 Å². The van der Waals surface area contributed by atoms with Gasteiger partial charge in [-0.2, -0.15) is 5.10 Å². The number of nitrogens with zero attached hydrogens (tertiary/aromatic N) is 1. The molecule has 0 aliphatic heterocycles. The van der Waals surface area contributed by atoms with Crippen molar-refractivity contribution < 1.29 is 9.90 Å². The number of carboxylic acids is 1. The molecule has 120 valence electrons. The molecule has 0 radical (unpaired) electrons. The average molecular weight is 339 g/mol. The third-order valence-electron chi connectivity index (χ3n) is 3.72. The van der Waals surface area contributed by atoms with Gasteiger partial charge in [-0.3, -0.25) is 5.43 Å². The Balaban J connectivity index is 1.88. The molecular weight excluding hydrogens is 324 g/mol. The number of aromatic carboxylic acids is 1. The number of halogens is 1. The zero-order chi connectivity index (χ0) is 17.1. The zero-order valence-corrected chi connectivity index (χ0v) is 13.7. The summed E-state index contributed by atoms with van der Waals surface area (Å²) >= 11 is 6.08. The highest BCUT2D eigenvalue weighted by molar-refractivity contribution is 6.33. The molecule has 5 heteroatoms. The van der Waals surface area contributed by atoms with E-state index >= 15 is 0 Å². The lowest BCUT2D eigenvalue weighted by atomic mass is 10.0. The smallest absolute Gasteiger partial charge is 0.335 e. The number of hydrazone groups is 1. The van der Waals surface area contributed by atoms with Gasteiger partial charge in [0.2, 0.25) is 0 Å². The molecular formula is C19H15ClN2O2. The molecule has 0 unspecified atom stereocenters. The van der Waals surface area contributed by atoms with Crippen LogP contribution in [0.5, 0.6) is 0 Å². The molecule has 0 fully saturated rings. The lowest BCUT2D eigenvalue weighted by Gasteiger charge is -2.07. The van der Waals surface area contributed by atoms with Crippen molar-refractivity contribution in [2.75, 3.05) is 5.43 Å². The summed E-state index contributed by atoms with van der Waals surface area (Å²) in [6, 6.07) is 18.7. The summed E-state index contributed by atoms with van der Waals surface area (Å²) in [6.07, 6.45) is 0. The summed E-state index contributed by atoms with van der Waals surface area (Å²) in [7, 11) is 0. The van der Waals surface area contributed by atoms with Gasteiger partial charge < -0.3 is 5.11 Å². The van der Waals surface area contributed by atoms with E-state index in [2.05, 4.69) is 22.7 Å². The van der Waals surface area contributed by atoms with E-state index in [4.69, 9.17) is 16.7 Å². The fourth-order valence-corrected chi connectivity index (χ4v) is 2.53. The number of benzene rings is 3. The average Bonchev–Trinajstić information content (AvgIpc) is 2.60. The predicted octanol–water partition coefficient (Wildman–Crippen LogP) is 5.03. The lowest BCUT2D eigenvalue weighted by Crippen LogP contribution is -2.02. The second-order valence-electron chi connectivity index (χ2n) is 5.37. The second-order valence-corrected chi connectivity index (χ2v) is 5.78. The number of carbonyl (C=O) groups is 1. The van der Waals surface area contributed by atoms with Crippen LogP contribution < -0.4 is 5.43 Å². The Hall–Kier alpha value is -2.85. The van der Waals surface area contributed by atoms with Crippen LogP contribution in [-0.2, 0) is 0 Å². The van der Waals surface area contributed by atoms with E-state index in [1.807, 2.05) is 37.3 Å². The van der Waals surface area contributed by atoms with Crippen LogP contribution in [0.4, 0.5) is 5.69 Å². The number of rotatable bonds is 4. The van der Waals surface area contributed by atoms with Crippen molar-refractivity contribution in [2.45, 2.75) is 6.92 Å². The highest BCUT2D eigenvalue weighted by atomic mass is 35.5. The van der Waals surface area contributed by atoms with E-state index in [-0.39, 0.29) is 5.56 Å². The summed E-state index contributed by atoms with van der Waals surface area (Å²) in [5.41, 5.74) is 5.21. The number of carboxylic acid groups (broad SMARTS) is 1. The molecule has 4 nitrogen and oxygen atoms in total. The van der Waals surface area contributed by atoms with Crippen LogP contribution in [0.1, 0.15) is 22.8 Å². The molecule has 0 aliphatic carbocycles. The van der Waals surface area contributed by atoms with Crippen molar-refractivity contribution in [1.82, 2.24) is 0 Å². The van der Waals surface area contributed by atoms with Crippen molar-refractivity contribution in [3.8, 4) is 0 Å². The highest BCUT2D eigenvalue weighted by Crippen LogP contribution is 2.23. The topological polar surface area (TPSA) is 61.7 Å². The van der Waals surface area contributed by atoms with E-state index in [9.17, 15) is 4.79 Å². The number of hydrogen-bond donors (Lipinski definition) is 2. The molecule has 0 amide bonds. The third kappa shape index (κ3) is 3.39. The first kappa shape index (κ1) is 16.0. The molecule has 3 aromatic carbocycles. The Kier molecular flexibility index (Phi) is 4.49. The predicted molar refractivity (Wildman–Crippen MR) is 98.2 cm³/mol. The molecule has 0 saturated heterocycles.